The molecule has 0 spiro atoms. The van der Waals surface area contributed by atoms with Gasteiger partial charge in [-0.05, 0) is 87.3 Å². The third kappa shape index (κ3) is 4.04. The highest BCUT2D eigenvalue weighted by Gasteiger charge is 2.22. The van der Waals surface area contributed by atoms with Gasteiger partial charge in [0.15, 0.2) is 0 Å². The maximum atomic E-state index is 6.63. The second kappa shape index (κ2) is 10.3. The Kier molecular flexibility index (Phi) is 5.78. The molecule has 0 atom stereocenters. The number of hydrogen-bond acceptors (Lipinski definition) is 3. The lowest BCUT2D eigenvalue weighted by Crippen LogP contribution is -2.10. The molecule has 0 aliphatic carbocycles. The first-order valence-electron chi connectivity index (χ1n) is 15.9. The molecule has 10 rings (SSSR count). The van der Waals surface area contributed by atoms with Crippen molar-refractivity contribution < 1.29 is 4.42 Å². The van der Waals surface area contributed by atoms with E-state index in [-0.39, 0.29) is 0 Å². The van der Waals surface area contributed by atoms with Crippen LogP contribution in [0.1, 0.15) is 0 Å². The summed E-state index contributed by atoms with van der Waals surface area (Å²) in [6.45, 7) is 0. The molecular formula is C44H27NOS. The summed E-state index contributed by atoms with van der Waals surface area (Å²) in [6, 6.07) is 58.8. The predicted molar refractivity (Wildman–Crippen MR) is 202 cm³/mol. The lowest BCUT2D eigenvalue weighted by atomic mass is 9.97. The lowest BCUT2D eigenvalue weighted by Gasteiger charge is -2.26. The lowest BCUT2D eigenvalue weighted by molar-refractivity contribution is 0.669. The maximum Gasteiger partial charge on any atom is 0.137 e. The molecule has 0 saturated carbocycles. The van der Waals surface area contributed by atoms with Gasteiger partial charge in [-0.15, -0.1) is 11.3 Å². The smallest absolute Gasteiger partial charge is 0.137 e. The van der Waals surface area contributed by atoms with Crippen LogP contribution in [0.2, 0.25) is 0 Å². The number of para-hydroxylation sites is 1. The third-order valence-electron chi connectivity index (χ3n) is 9.43. The van der Waals surface area contributed by atoms with Crippen LogP contribution in [0.3, 0.4) is 0 Å². The molecular weight excluding hydrogens is 591 g/mol. The molecule has 0 saturated heterocycles. The van der Waals surface area contributed by atoms with E-state index >= 15 is 0 Å². The highest BCUT2D eigenvalue weighted by molar-refractivity contribution is 7.27. The number of benzene rings is 8. The van der Waals surface area contributed by atoms with E-state index in [1.165, 1.54) is 58.2 Å². The average Bonchev–Trinajstić information content (AvgIpc) is 3.71. The van der Waals surface area contributed by atoms with Crippen molar-refractivity contribution in [2.75, 3.05) is 4.90 Å². The average molecular weight is 618 g/mol. The molecule has 0 unspecified atom stereocenters. The molecule has 3 heteroatoms. The van der Waals surface area contributed by atoms with Gasteiger partial charge in [0.05, 0.1) is 11.1 Å². The summed E-state index contributed by atoms with van der Waals surface area (Å²) in [5, 5.41) is 9.94. The van der Waals surface area contributed by atoms with Gasteiger partial charge in [-0.3, -0.25) is 0 Å². The van der Waals surface area contributed by atoms with Crippen LogP contribution < -0.4 is 4.90 Å². The minimum absolute atomic E-state index is 0.887. The molecule has 0 bridgehead atoms. The Morgan fingerprint density at radius 2 is 1.15 bits per heavy atom. The largest absolute Gasteiger partial charge is 0.456 e. The summed E-state index contributed by atoms with van der Waals surface area (Å²) in [4.78, 5) is 2.38. The standard InChI is InChI=1S/C44H27NOS/c1-2-15-31(16-3-1)45(32-17-8-14-30(27-32)34-20-9-13-28-11-4-6-18-33(28)34)37-21-10-22-38-42(37)43-39(46-38)25-24-36-41-35-19-7-5-12-29(35)23-26-40(41)47-44(36)43/h1-27H. The summed E-state index contributed by atoms with van der Waals surface area (Å²) in [6.07, 6.45) is 0. The maximum absolute atomic E-state index is 6.63. The van der Waals surface area contributed by atoms with Crippen molar-refractivity contribution in [3.05, 3.63) is 164 Å². The molecule has 0 N–H and O–H groups in total. The summed E-state index contributed by atoms with van der Waals surface area (Å²) in [5.74, 6) is 0. The van der Waals surface area contributed by atoms with Crippen LogP contribution >= 0.6 is 11.3 Å². The Morgan fingerprint density at radius 3 is 2.04 bits per heavy atom. The molecule has 0 fully saturated rings. The van der Waals surface area contributed by atoms with Gasteiger partial charge in [0.25, 0.3) is 0 Å². The van der Waals surface area contributed by atoms with Crippen molar-refractivity contribution in [3.8, 4) is 11.1 Å². The first kappa shape index (κ1) is 26.3. The Hall–Kier alpha value is -5.90. The molecule has 8 aromatic carbocycles. The summed E-state index contributed by atoms with van der Waals surface area (Å²) >= 11 is 1.86. The molecule has 0 radical (unpaired) electrons. The van der Waals surface area contributed by atoms with E-state index in [4.69, 9.17) is 4.42 Å². The van der Waals surface area contributed by atoms with Crippen molar-refractivity contribution in [3.63, 3.8) is 0 Å². The van der Waals surface area contributed by atoms with Gasteiger partial charge < -0.3 is 9.32 Å². The fraction of sp³-hybridized carbons (Fsp3) is 0. The van der Waals surface area contributed by atoms with Crippen LogP contribution in [0.4, 0.5) is 17.1 Å². The Morgan fingerprint density at radius 1 is 0.447 bits per heavy atom. The topological polar surface area (TPSA) is 16.4 Å². The van der Waals surface area contributed by atoms with Crippen molar-refractivity contribution in [2.24, 2.45) is 0 Å². The molecule has 2 heterocycles. The van der Waals surface area contributed by atoms with Crippen LogP contribution in [0.25, 0.3) is 74.8 Å². The summed E-state index contributed by atoms with van der Waals surface area (Å²) in [7, 11) is 0. The summed E-state index contributed by atoms with van der Waals surface area (Å²) < 4.78 is 9.18. The number of hydrogen-bond donors (Lipinski definition) is 0. The van der Waals surface area contributed by atoms with Crippen molar-refractivity contribution >= 4 is 92.1 Å². The van der Waals surface area contributed by atoms with Gasteiger partial charge in [-0.25, -0.2) is 0 Å². The molecule has 10 aromatic rings. The van der Waals surface area contributed by atoms with E-state index in [0.717, 1.165) is 33.6 Å². The number of anilines is 3. The summed E-state index contributed by atoms with van der Waals surface area (Å²) in [5.41, 5.74) is 7.49. The number of rotatable bonds is 4. The number of furan rings is 1. The van der Waals surface area contributed by atoms with Crippen LogP contribution in [-0.4, -0.2) is 0 Å². The quantitative estimate of drug-likeness (QED) is 0.195. The monoisotopic (exact) mass is 617 g/mol. The molecule has 220 valence electrons. The zero-order chi connectivity index (χ0) is 30.9. The van der Waals surface area contributed by atoms with Crippen LogP contribution in [0.15, 0.2) is 168 Å². The van der Waals surface area contributed by atoms with E-state index in [9.17, 15) is 0 Å². The third-order valence-corrected chi connectivity index (χ3v) is 10.6. The molecule has 2 nitrogen and oxygen atoms in total. The molecule has 47 heavy (non-hydrogen) atoms. The van der Waals surface area contributed by atoms with Gasteiger partial charge >= 0.3 is 0 Å². The van der Waals surface area contributed by atoms with Gasteiger partial charge in [-0.1, -0.05) is 109 Å². The minimum atomic E-state index is 0.887. The Bertz CT molecular complexity index is 2800. The second-order valence-electron chi connectivity index (χ2n) is 12.1. The number of thiophene rings is 1. The van der Waals surface area contributed by atoms with Gasteiger partial charge in [0, 0.05) is 36.9 Å². The SMILES string of the molecule is c1ccc(N(c2cccc(-c3cccc4ccccc34)c2)c2cccc3oc4ccc5c(sc6ccc7ccccc7c65)c4c23)cc1. The van der Waals surface area contributed by atoms with Gasteiger partial charge in [0.2, 0.25) is 0 Å². The molecule has 0 amide bonds. The highest BCUT2D eigenvalue weighted by atomic mass is 32.1. The van der Waals surface area contributed by atoms with Gasteiger partial charge in [0.1, 0.15) is 11.2 Å². The first-order valence-corrected chi connectivity index (χ1v) is 16.7. The highest BCUT2D eigenvalue weighted by Crippen LogP contribution is 2.49. The second-order valence-corrected chi connectivity index (χ2v) is 13.1. The fourth-order valence-electron chi connectivity index (χ4n) is 7.37. The zero-order valence-electron chi connectivity index (χ0n) is 25.4. The Labute approximate surface area is 275 Å². The Balaban J connectivity index is 1.26. The zero-order valence-corrected chi connectivity index (χ0v) is 26.2. The predicted octanol–water partition coefficient (Wildman–Crippen LogP) is 13.4. The van der Waals surface area contributed by atoms with Crippen LogP contribution in [0.5, 0.6) is 0 Å². The van der Waals surface area contributed by atoms with Gasteiger partial charge in [-0.2, -0.15) is 0 Å². The molecule has 0 aliphatic rings. The van der Waals surface area contributed by atoms with Crippen LogP contribution in [-0.2, 0) is 0 Å². The number of fused-ring (bicyclic) bond motifs is 10. The van der Waals surface area contributed by atoms with E-state index < -0.39 is 0 Å². The fourth-order valence-corrected chi connectivity index (χ4v) is 8.63. The van der Waals surface area contributed by atoms with E-state index in [2.05, 4.69) is 169 Å². The normalized spacial score (nSPS) is 11.8. The van der Waals surface area contributed by atoms with Crippen LogP contribution in [0, 0.1) is 0 Å². The van der Waals surface area contributed by atoms with Crippen molar-refractivity contribution in [2.45, 2.75) is 0 Å². The molecule has 2 aromatic heterocycles. The van der Waals surface area contributed by atoms with E-state index in [0.29, 0.717) is 0 Å². The minimum Gasteiger partial charge on any atom is -0.456 e. The first-order chi connectivity index (χ1) is 23.3. The van der Waals surface area contributed by atoms with Crippen molar-refractivity contribution in [1.29, 1.82) is 0 Å². The number of nitrogens with zero attached hydrogens (tertiary/aromatic N) is 1. The van der Waals surface area contributed by atoms with E-state index in [1.54, 1.807) is 0 Å². The van der Waals surface area contributed by atoms with Crippen molar-refractivity contribution in [1.82, 2.24) is 0 Å². The molecule has 0 aliphatic heterocycles. The van der Waals surface area contributed by atoms with E-state index in [1.807, 2.05) is 11.3 Å².